The molecule has 0 bridgehead atoms. The second-order valence-electron chi connectivity index (χ2n) is 2.90. The minimum Gasteiger partial charge on any atom is -0.748 e. The van der Waals surface area contributed by atoms with Crippen LogP contribution in [-0.4, -0.2) is 42.9 Å². The van der Waals surface area contributed by atoms with Gasteiger partial charge < -0.3 is 4.55 Å². The quantitative estimate of drug-likeness (QED) is 0.573. The van der Waals surface area contributed by atoms with Crippen molar-refractivity contribution < 1.29 is 48.1 Å². The lowest BCUT2D eigenvalue weighted by Crippen LogP contribution is -2.59. The molecule has 0 aromatic rings. The first-order chi connectivity index (χ1) is 7.15. The van der Waals surface area contributed by atoms with Gasteiger partial charge in [-0.3, -0.25) is 0 Å². The van der Waals surface area contributed by atoms with Crippen molar-refractivity contribution in [1.82, 2.24) is 0 Å². The lowest BCUT2D eigenvalue weighted by atomic mass is 10.1. The zero-order chi connectivity index (χ0) is 14.3. The molecule has 0 saturated heterocycles. The summed E-state index contributed by atoms with van der Waals surface area (Å²) in [5.41, 5.74) is 0. The van der Waals surface area contributed by atoms with E-state index in [0.29, 0.717) is 0 Å². The van der Waals surface area contributed by atoms with Gasteiger partial charge in [0.15, 0.2) is 0 Å². The molecule has 3 nitrogen and oxygen atoms in total. The van der Waals surface area contributed by atoms with Crippen LogP contribution in [0, 0.1) is 0 Å². The second-order valence-corrected chi connectivity index (χ2v) is 4.31. The van der Waals surface area contributed by atoms with Gasteiger partial charge in [0.25, 0.3) is 0 Å². The van der Waals surface area contributed by atoms with Gasteiger partial charge in [-0.05, 0) is 0 Å². The van der Waals surface area contributed by atoms with Gasteiger partial charge >= 0.3 is 24.2 Å². The summed E-state index contributed by atoms with van der Waals surface area (Å²) in [6, 6.07) is 0. The zero-order valence-corrected chi connectivity index (χ0v) is 8.26. The van der Waals surface area contributed by atoms with Gasteiger partial charge in [0.05, 0.1) is 0 Å². The van der Waals surface area contributed by atoms with Crippen molar-refractivity contribution in [3.05, 3.63) is 0 Å². The van der Waals surface area contributed by atoms with E-state index in [2.05, 4.69) is 0 Å². The molecule has 0 heterocycles. The fourth-order valence-corrected chi connectivity index (χ4v) is 1.32. The van der Waals surface area contributed by atoms with Crippen LogP contribution in [0.5, 0.6) is 0 Å². The summed E-state index contributed by atoms with van der Waals surface area (Å²) in [6.45, 7) is 0. The molecule has 0 aliphatic rings. The third-order valence-electron chi connectivity index (χ3n) is 1.51. The summed E-state index contributed by atoms with van der Waals surface area (Å²) in [5.74, 6) is -22.5. The Bertz CT molecular complexity index is 375. The topological polar surface area (TPSA) is 57.2 Å². The average Bonchev–Trinajstić information content (AvgIpc) is 1.98. The molecule has 0 saturated carbocycles. The molecule has 0 aliphatic heterocycles. The van der Waals surface area contributed by atoms with Crippen LogP contribution in [0.3, 0.4) is 0 Å². The molecule has 0 N–H and O–H groups in total. The highest BCUT2D eigenvalue weighted by atomic mass is 32.2. The van der Waals surface area contributed by atoms with Crippen LogP contribution in [0.25, 0.3) is 0 Å². The molecule has 0 rings (SSSR count). The summed E-state index contributed by atoms with van der Waals surface area (Å²) in [5, 5.41) is 0. The van der Waals surface area contributed by atoms with Crippen LogP contribution in [0.4, 0.5) is 35.1 Å². The molecule has 0 aromatic carbocycles. The maximum absolute atomic E-state index is 12.4. The summed E-state index contributed by atoms with van der Waals surface area (Å²) < 4.78 is 126. The summed E-state index contributed by atoms with van der Waals surface area (Å²) in [7, 11) is -6.01. The maximum Gasteiger partial charge on any atom is 0.378 e. The van der Waals surface area contributed by atoms with E-state index >= 15 is 0 Å². The van der Waals surface area contributed by atoms with Gasteiger partial charge in [0.1, 0.15) is 15.9 Å². The Hall–Kier alpha value is -0.650. The van der Waals surface area contributed by atoms with Crippen LogP contribution in [0.1, 0.15) is 0 Å². The fourth-order valence-electron chi connectivity index (χ4n) is 0.694. The predicted molar refractivity (Wildman–Crippen MR) is 35.4 cm³/mol. The van der Waals surface area contributed by atoms with Crippen molar-refractivity contribution in [2.24, 2.45) is 0 Å². The van der Waals surface area contributed by atoms with E-state index in [9.17, 15) is 48.1 Å². The maximum atomic E-state index is 12.4. The highest BCUT2D eigenvalue weighted by molar-refractivity contribution is 7.85. The Morgan fingerprint density at radius 1 is 1.00 bits per heavy atom. The van der Waals surface area contributed by atoms with Crippen molar-refractivity contribution in [2.75, 3.05) is 5.75 Å². The van der Waals surface area contributed by atoms with Gasteiger partial charge in [0, 0.05) is 0 Å². The van der Waals surface area contributed by atoms with Crippen molar-refractivity contribution in [3.8, 4) is 0 Å². The monoisotopic (exact) mass is 295 g/mol. The molecule has 0 fully saturated rings. The second kappa shape index (κ2) is 4.23. The third kappa shape index (κ3) is 3.18. The van der Waals surface area contributed by atoms with Gasteiger partial charge in [-0.1, -0.05) is 0 Å². The van der Waals surface area contributed by atoms with Crippen LogP contribution in [0.2, 0.25) is 0 Å². The number of hydrogen-bond acceptors (Lipinski definition) is 3. The highest BCUT2D eigenvalue weighted by Gasteiger charge is 2.75. The summed E-state index contributed by atoms with van der Waals surface area (Å²) in [4.78, 5) is 0. The number of alkyl halides is 8. The molecule has 104 valence electrons. The molecule has 12 heteroatoms. The lowest BCUT2D eigenvalue weighted by molar-refractivity contribution is -0.332. The van der Waals surface area contributed by atoms with E-state index in [-0.39, 0.29) is 0 Å². The highest BCUT2D eigenvalue weighted by Crippen LogP contribution is 2.48. The van der Waals surface area contributed by atoms with E-state index in [1.54, 1.807) is 0 Å². The van der Waals surface area contributed by atoms with Crippen LogP contribution in [-0.2, 0) is 10.1 Å². The Morgan fingerprint density at radius 2 is 1.35 bits per heavy atom. The first-order valence-electron chi connectivity index (χ1n) is 3.50. The van der Waals surface area contributed by atoms with E-state index < -0.39 is 40.1 Å². The average molecular weight is 295 g/mol. The van der Waals surface area contributed by atoms with Gasteiger partial charge in [0.2, 0.25) is 0 Å². The molecule has 0 radical (unpaired) electrons. The predicted octanol–water partition coefficient (Wildman–Crippen LogP) is 1.70. The normalized spacial score (nSPS) is 15.4. The van der Waals surface area contributed by atoms with Gasteiger partial charge in [-0.25, -0.2) is 17.2 Å². The molecule has 0 amide bonds. The molecular weight excluding hydrogens is 292 g/mol. The van der Waals surface area contributed by atoms with Crippen molar-refractivity contribution in [1.29, 1.82) is 0 Å². The minimum atomic E-state index is -6.67. The largest absolute Gasteiger partial charge is 0.748 e. The smallest absolute Gasteiger partial charge is 0.378 e. The van der Waals surface area contributed by atoms with Gasteiger partial charge in [-0.15, -0.1) is 0 Å². The van der Waals surface area contributed by atoms with Crippen LogP contribution < -0.4 is 0 Å². The van der Waals surface area contributed by atoms with E-state index in [1.165, 1.54) is 0 Å². The SMILES string of the molecule is O=S(=O)([O-])CC(F)(F)C(F)(F)C(F)(F)C(F)F. The zero-order valence-electron chi connectivity index (χ0n) is 7.44. The Balaban J connectivity index is 5.45. The van der Waals surface area contributed by atoms with Crippen LogP contribution >= 0.6 is 0 Å². The number of rotatable bonds is 5. The van der Waals surface area contributed by atoms with E-state index in [1.807, 2.05) is 0 Å². The van der Waals surface area contributed by atoms with Gasteiger partial charge in [-0.2, -0.15) is 26.3 Å². The van der Waals surface area contributed by atoms with E-state index in [0.717, 1.165) is 0 Å². The molecule has 0 unspecified atom stereocenters. The first kappa shape index (κ1) is 16.4. The number of hydrogen-bond donors (Lipinski definition) is 0. The van der Waals surface area contributed by atoms with Crippen molar-refractivity contribution in [3.63, 3.8) is 0 Å². The molecule has 0 atom stereocenters. The summed E-state index contributed by atoms with van der Waals surface area (Å²) in [6.07, 6.45) is -5.15. The Morgan fingerprint density at radius 3 is 1.59 bits per heavy atom. The van der Waals surface area contributed by atoms with Crippen molar-refractivity contribution >= 4 is 10.1 Å². The minimum absolute atomic E-state index is 3.21. The third-order valence-corrected chi connectivity index (χ3v) is 2.23. The van der Waals surface area contributed by atoms with Crippen LogP contribution in [0.15, 0.2) is 0 Å². The fraction of sp³-hybridized carbons (Fsp3) is 1.00. The Kier molecular flexibility index (Phi) is 4.06. The molecule has 0 spiro atoms. The molecule has 17 heavy (non-hydrogen) atoms. The van der Waals surface area contributed by atoms with Crippen molar-refractivity contribution in [2.45, 2.75) is 24.2 Å². The van der Waals surface area contributed by atoms with E-state index in [4.69, 9.17) is 0 Å². The molecule has 0 aliphatic carbocycles. The summed E-state index contributed by atoms with van der Waals surface area (Å²) >= 11 is 0. The molecule has 0 aromatic heterocycles. The Labute approximate surface area is 89.2 Å². The number of halogens is 8. The standard InChI is InChI=1S/C5H4F8O3S/c6-2(7)4(10,11)5(12,13)3(8,9)1-17(14,15)16/h2H,1H2,(H,14,15,16)/p-1. The lowest BCUT2D eigenvalue weighted by Gasteiger charge is -2.32. The molecular formula is C5H3F8O3S-. The first-order valence-corrected chi connectivity index (χ1v) is 5.08.